The van der Waals surface area contributed by atoms with Crippen molar-refractivity contribution in [2.75, 3.05) is 12.4 Å². The van der Waals surface area contributed by atoms with Gasteiger partial charge < -0.3 is 4.74 Å². The van der Waals surface area contributed by atoms with Crippen LogP contribution in [0.15, 0.2) is 0 Å². The maximum absolute atomic E-state index is 11.5. The first kappa shape index (κ1) is 35.4. The third-order valence-corrected chi connectivity index (χ3v) is 7.77. The van der Waals surface area contributed by atoms with Gasteiger partial charge in [-0.2, -0.15) is 8.42 Å². The minimum Gasteiger partial charge on any atom is -0.464 e. The van der Waals surface area contributed by atoms with Crippen LogP contribution in [0, 0.1) is 0 Å². The van der Waals surface area contributed by atoms with Gasteiger partial charge in [-0.15, -0.1) is 0 Å². The molecule has 0 rings (SSSR count). The molecule has 0 saturated heterocycles. The van der Waals surface area contributed by atoms with Gasteiger partial charge in [0.15, 0.2) is 0 Å². The van der Waals surface area contributed by atoms with Crippen LogP contribution in [0.25, 0.3) is 0 Å². The molecule has 0 amide bonds. The normalized spacial score (nSPS) is 11.7. The molecule has 0 atom stereocenters. The van der Waals surface area contributed by atoms with Crippen molar-refractivity contribution in [3.05, 3.63) is 0 Å². The fraction of sp³-hybridized carbons (Fsp3) is 0.967. The van der Waals surface area contributed by atoms with E-state index >= 15 is 0 Å². The van der Waals surface area contributed by atoms with Crippen LogP contribution < -0.4 is 0 Å². The Kier molecular flexibility index (Phi) is 26.9. The van der Waals surface area contributed by atoms with E-state index in [0.29, 0.717) is 6.42 Å². The minimum atomic E-state index is -4.06. The number of hydrogen-bond acceptors (Lipinski definition) is 4. The van der Waals surface area contributed by atoms with E-state index in [9.17, 15) is 13.2 Å². The molecule has 0 aromatic carbocycles. The van der Waals surface area contributed by atoms with Crippen molar-refractivity contribution in [2.24, 2.45) is 0 Å². The van der Waals surface area contributed by atoms with Gasteiger partial charge >= 0.3 is 5.97 Å². The number of carbonyl (C=O) groups is 1. The van der Waals surface area contributed by atoms with Gasteiger partial charge in [-0.3, -0.25) is 9.35 Å². The zero-order valence-electron chi connectivity index (χ0n) is 23.8. The summed E-state index contributed by atoms with van der Waals surface area (Å²) in [6, 6.07) is 0. The molecule has 0 unspecified atom stereocenters. The van der Waals surface area contributed by atoms with Crippen LogP contribution in [0.2, 0.25) is 0 Å². The fourth-order valence-corrected chi connectivity index (χ4v) is 5.04. The van der Waals surface area contributed by atoms with Crippen molar-refractivity contribution < 1.29 is 22.5 Å². The molecule has 0 bridgehead atoms. The lowest BCUT2D eigenvalue weighted by atomic mass is 10.0. The first-order chi connectivity index (χ1) is 17.5. The Bertz CT molecular complexity index is 562. The third-order valence-electron chi connectivity index (χ3n) is 7.09. The summed E-state index contributed by atoms with van der Waals surface area (Å²) in [4.78, 5) is 11.5. The van der Waals surface area contributed by atoms with E-state index in [2.05, 4.69) is 6.92 Å². The lowest BCUT2D eigenvalue weighted by Crippen LogP contribution is -2.14. The van der Waals surface area contributed by atoms with Crippen molar-refractivity contribution in [2.45, 2.75) is 174 Å². The van der Waals surface area contributed by atoms with Gasteiger partial charge in [0.1, 0.15) is 12.4 Å². The van der Waals surface area contributed by atoms with Crippen LogP contribution in [0.1, 0.15) is 174 Å². The van der Waals surface area contributed by atoms with E-state index in [1.807, 2.05) is 0 Å². The SMILES string of the molecule is CCCCCCCCCCCCCCCCCCCCCCCCCCCC(=O)OCCS(=O)(=O)O. The Morgan fingerprint density at radius 3 is 1.08 bits per heavy atom. The van der Waals surface area contributed by atoms with Crippen molar-refractivity contribution in [3.63, 3.8) is 0 Å². The highest BCUT2D eigenvalue weighted by Crippen LogP contribution is 2.16. The number of carbonyl (C=O) groups excluding carboxylic acids is 1. The molecule has 0 aliphatic carbocycles. The van der Waals surface area contributed by atoms with Gasteiger partial charge in [0.25, 0.3) is 10.1 Å². The van der Waals surface area contributed by atoms with Crippen LogP contribution >= 0.6 is 0 Å². The van der Waals surface area contributed by atoms with Gasteiger partial charge in [0.2, 0.25) is 0 Å². The topological polar surface area (TPSA) is 80.7 Å². The van der Waals surface area contributed by atoms with Crippen molar-refractivity contribution in [3.8, 4) is 0 Å². The van der Waals surface area contributed by atoms with Crippen LogP contribution in [0.5, 0.6) is 0 Å². The van der Waals surface area contributed by atoms with Crippen LogP contribution in [-0.4, -0.2) is 31.3 Å². The largest absolute Gasteiger partial charge is 0.464 e. The second-order valence-electron chi connectivity index (χ2n) is 10.7. The molecule has 0 heterocycles. The Morgan fingerprint density at radius 1 is 0.528 bits per heavy atom. The second kappa shape index (κ2) is 27.4. The molecule has 5 nitrogen and oxygen atoms in total. The average molecular weight is 533 g/mol. The molecule has 36 heavy (non-hydrogen) atoms. The molecule has 0 radical (unpaired) electrons. The zero-order chi connectivity index (χ0) is 26.6. The van der Waals surface area contributed by atoms with E-state index < -0.39 is 15.9 Å². The van der Waals surface area contributed by atoms with Crippen LogP contribution in [0.3, 0.4) is 0 Å². The number of unbranched alkanes of at least 4 members (excludes halogenated alkanes) is 24. The standard InChI is InChI=1S/C30H60O5S/c1-2-3-4-5-6-7-8-9-10-11-12-13-14-15-16-17-18-19-20-21-22-23-24-25-26-27-30(31)35-28-29-36(32,33)34/h2-29H2,1H3,(H,32,33,34). The van der Waals surface area contributed by atoms with Crippen LogP contribution in [0.4, 0.5) is 0 Å². The van der Waals surface area contributed by atoms with Gasteiger partial charge in [0.05, 0.1) is 0 Å². The monoisotopic (exact) mass is 532 g/mol. The lowest BCUT2D eigenvalue weighted by molar-refractivity contribution is -0.143. The van der Waals surface area contributed by atoms with Crippen LogP contribution in [-0.2, 0) is 19.6 Å². The highest BCUT2D eigenvalue weighted by molar-refractivity contribution is 7.85. The summed E-state index contributed by atoms with van der Waals surface area (Å²) in [7, 11) is -4.06. The molecule has 1 N–H and O–H groups in total. The maximum atomic E-state index is 11.5. The molecular weight excluding hydrogens is 472 g/mol. The quantitative estimate of drug-likeness (QED) is 0.0589. The third kappa shape index (κ3) is 31.4. The highest BCUT2D eigenvalue weighted by atomic mass is 32.2. The van der Waals surface area contributed by atoms with E-state index in [1.165, 1.54) is 141 Å². The average Bonchev–Trinajstić information content (AvgIpc) is 2.83. The predicted octanol–water partition coefficient (Wildman–Crippen LogP) is 9.58. The Labute approximate surface area is 224 Å². The lowest BCUT2D eigenvalue weighted by Gasteiger charge is -2.05. The van der Waals surface area contributed by atoms with Gasteiger partial charge in [-0.25, -0.2) is 0 Å². The summed E-state index contributed by atoms with van der Waals surface area (Å²) in [6.45, 7) is 2.02. The Balaban J connectivity index is 3.12. The summed E-state index contributed by atoms with van der Waals surface area (Å²) in [6.07, 6.45) is 34.1. The maximum Gasteiger partial charge on any atom is 0.305 e. The summed E-state index contributed by atoms with van der Waals surface area (Å²) >= 11 is 0. The van der Waals surface area contributed by atoms with Crippen molar-refractivity contribution in [1.29, 1.82) is 0 Å². The fourth-order valence-electron chi connectivity index (χ4n) is 4.74. The molecule has 0 spiro atoms. The number of ether oxygens (including phenoxy) is 1. The first-order valence-corrected chi connectivity index (χ1v) is 17.2. The molecule has 0 aliphatic rings. The van der Waals surface area contributed by atoms with E-state index in [-0.39, 0.29) is 12.6 Å². The summed E-state index contributed by atoms with van der Waals surface area (Å²) < 4.78 is 34.5. The molecule has 0 aromatic rings. The predicted molar refractivity (Wildman–Crippen MR) is 153 cm³/mol. The second-order valence-corrected chi connectivity index (χ2v) is 12.3. The summed E-state index contributed by atoms with van der Waals surface area (Å²) in [5.41, 5.74) is 0. The smallest absolute Gasteiger partial charge is 0.305 e. The first-order valence-electron chi connectivity index (χ1n) is 15.6. The summed E-state index contributed by atoms with van der Waals surface area (Å²) in [5, 5.41) is 0. The van der Waals surface area contributed by atoms with E-state index in [4.69, 9.17) is 9.29 Å². The minimum absolute atomic E-state index is 0.267. The number of hydrogen-bond donors (Lipinski definition) is 1. The molecule has 0 fully saturated rings. The number of rotatable bonds is 29. The number of esters is 1. The van der Waals surface area contributed by atoms with E-state index in [0.717, 1.165) is 19.3 Å². The van der Waals surface area contributed by atoms with E-state index in [1.54, 1.807) is 0 Å². The van der Waals surface area contributed by atoms with Crippen molar-refractivity contribution in [1.82, 2.24) is 0 Å². The molecule has 0 aliphatic heterocycles. The Hall–Kier alpha value is -0.620. The van der Waals surface area contributed by atoms with Gasteiger partial charge in [0, 0.05) is 6.42 Å². The van der Waals surface area contributed by atoms with Gasteiger partial charge in [-0.05, 0) is 6.42 Å². The molecule has 0 saturated carbocycles. The van der Waals surface area contributed by atoms with Crippen molar-refractivity contribution >= 4 is 16.1 Å². The molecule has 216 valence electrons. The van der Waals surface area contributed by atoms with Gasteiger partial charge in [-0.1, -0.05) is 161 Å². The molecule has 6 heteroatoms. The molecule has 0 aromatic heterocycles. The zero-order valence-corrected chi connectivity index (χ0v) is 24.6. The highest BCUT2D eigenvalue weighted by Gasteiger charge is 2.07. The Morgan fingerprint density at radius 2 is 0.806 bits per heavy atom. The summed E-state index contributed by atoms with van der Waals surface area (Å²) in [5.74, 6) is -0.911. The molecular formula is C30H60O5S.